The van der Waals surface area contributed by atoms with E-state index in [1.54, 1.807) is 42.3 Å². The highest BCUT2D eigenvalue weighted by atomic mass is 19.3. The van der Waals surface area contributed by atoms with Crippen LogP contribution >= 0.6 is 0 Å². The Morgan fingerprint density at radius 1 is 1.09 bits per heavy atom. The zero-order valence-electron chi connectivity index (χ0n) is 25.7. The summed E-state index contributed by atoms with van der Waals surface area (Å²) in [6.07, 6.45) is -2.59. The average Bonchev–Trinajstić information content (AvgIpc) is 3.03. The molecule has 246 valence electrons. The van der Waals surface area contributed by atoms with E-state index in [0.29, 0.717) is 47.8 Å². The minimum absolute atomic E-state index is 0.0362. The van der Waals surface area contributed by atoms with Gasteiger partial charge in [-0.2, -0.15) is 0 Å². The molecule has 0 bridgehead atoms. The van der Waals surface area contributed by atoms with Crippen LogP contribution in [0.15, 0.2) is 46.0 Å². The van der Waals surface area contributed by atoms with Crippen LogP contribution < -0.4 is 21.5 Å². The number of ether oxygens (including phenoxy) is 3. The summed E-state index contributed by atoms with van der Waals surface area (Å²) in [4.78, 5) is 53.8. The van der Waals surface area contributed by atoms with Gasteiger partial charge in [0.25, 0.3) is 11.5 Å². The largest absolute Gasteiger partial charge is 0.467 e. The number of aromatic nitrogens is 2. The van der Waals surface area contributed by atoms with Crippen LogP contribution in [-0.4, -0.2) is 73.0 Å². The van der Waals surface area contributed by atoms with Gasteiger partial charge in [-0.3, -0.25) is 14.2 Å². The van der Waals surface area contributed by atoms with E-state index in [9.17, 15) is 28.0 Å². The van der Waals surface area contributed by atoms with Crippen molar-refractivity contribution in [2.24, 2.45) is 7.05 Å². The second-order valence-electron chi connectivity index (χ2n) is 11.3. The number of esters is 1. The van der Waals surface area contributed by atoms with E-state index in [2.05, 4.69) is 5.32 Å². The number of nitrogens with zero attached hydrogens (tertiary/aromatic N) is 3. The molecule has 1 fully saturated rings. The number of alkyl halides is 2. The SMILES string of the molecule is COC(=O)[C@H](Cc1ccc(-n2c(=O)c3c(n(C)c2=O)CCOC3)cc1)NC(=O)c1c(C)cc(N2CCOC[C@@H]2CC(F)F)cc1F. The molecular formula is C32H35F3N4O7. The molecule has 2 aliphatic rings. The molecule has 1 N–H and O–H groups in total. The van der Waals surface area contributed by atoms with E-state index in [1.165, 1.54) is 11.5 Å². The first-order chi connectivity index (χ1) is 22.0. The number of hydrogen-bond acceptors (Lipinski definition) is 8. The van der Waals surface area contributed by atoms with Crippen molar-refractivity contribution in [3.05, 3.63) is 91.0 Å². The molecule has 1 aromatic heterocycles. The first-order valence-corrected chi connectivity index (χ1v) is 14.8. The van der Waals surface area contributed by atoms with Gasteiger partial charge in [0.05, 0.1) is 56.4 Å². The quantitative estimate of drug-likeness (QED) is 0.353. The predicted octanol–water partition coefficient (Wildman–Crippen LogP) is 2.43. The van der Waals surface area contributed by atoms with E-state index in [0.717, 1.165) is 17.7 Å². The molecular weight excluding hydrogens is 609 g/mol. The number of fused-ring (bicyclic) bond motifs is 1. The minimum Gasteiger partial charge on any atom is -0.467 e. The van der Waals surface area contributed by atoms with Crippen LogP contribution in [0.3, 0.4) is 0 Å². The number of hydrogen-bond donors (Lipinski definition) is 1. The van der Waals surface area contributed by atoms with Gasteiger partial charge in [0, 0.05) is 44.2 Å². The van der Waals surface area contributed by atoms with Gasteiger partial charge in [-0.15, -0.1) is 0 Å². The summed E-state index contributed by atoms with van der Waals surface area (Å²) in [6, 6.07) is 7.15. The number of aryl methyl sites for hydroxylation is 1. The van der Waals surface area contributed by atoms with Crippen molar-refractivity contribution in [1.82, 2.24) is 14.5 Å². The molecule has 0 aliphatic carbocycles. The Kier molecular flexibility index (Phi) is 9.97. The molecule has 0 spiro atoms. The molecule has 2 aromatic carbocycles. The van der Waals surface area contributed by atoms with Gasteiger partial charge in [0.1, 0.15) is 11.9 Å². The Hall–Kier alpha value is -4.43. The van der Waals surface area contributed by atoms with E-state index in [1.807, 2.05) is 0 Å². The maximum absolute atomic E-state index is 15.4. The van der Waals surface area contributed by atoms with Gasteiger partial charge >= 0.3 is 11.7 Å². The third-order valence-electron chi connectivity index (χ3n) is 8.36. The minimum atomic E-state index is -2.56. The van der Waals surface area contributed by atoms with Gasteiger partial charge < -0.3 is 24.4 Å². The van der Waals surface area contributed by atoms with Crippen LogP contribution in [0.2, 0.25) is 0 Å². The van der Waals surface area contributed by atoms with Gasteiger partial charge in [0.2, 0.25) is 6.43 Å². The molecule has 1 saturated heterocycles. The number of anilines is 1. The van der Waals surface area contributed by atoms with Crippen LogP contribution in [-0.2, 0) is 45.5 Å². The molecule has 5 rings (SSSR count). The molecule has 1 amide bonds. The van der Waals surface area contributed by atoms with E-state index < -0.39 is 53.9 Å². The molecule has 2 aliphatic heterocycles. The maximum atomic E-state index is 15.4. The third kappa shape index (κ3) is 6.72. The second-order valence-corrected chi connectivity index (χ2v) is 11.3. The van der Waals surface area contributed by atoms with Crippen molar-refractivity contribution in [1.29, 1.82) is 0 Å². The number of halogens is 3. The summed E-state index contributed by atoms with van der Waals surface area (Å²) in [5.41, 5.74) is 1.29. The monoisotopic (exact) mass is 644 g/mol. The molecule has 11 nitrogen and oxygen atoms in total. The van der Waals surface area contributed by atoms with Crippen molar-refractivity contribution in [3.8, 4) is 5.69 Å². The number of methoxy groups -OCH3 is 1. The molecule has 0 saturated carbocycles. The lowest BCUT2D eigenvalue weighted by molar-refractivity contribution is -0.142. The highest BCUT2D eigenvalue weighted by Crippen LogP contribution is 2.28. The van der Waals surface area contributed by atoms with Crippen LogP contribution in [0.1, 0.15) is 39.2 Å². The van der Waals surface area contributed by atoms with E-state index in [4.69, 9.17) is 14.2 Å². The highest BCUT2D eigenvalue weighted by molar-refractivity contribution is 5.98. The summed E-state index contributed by atoms with van der Waals surface area (Å²) < 4.78 is 59.8. The highest BCUT2D eigenvalue weighted by Gasteiger charge is 2.30. The van der Waals surface area contributed by atoms with Crippen molar-refractivity contribution in [3.63, 3.8) is 0 Å². The second kappa shape index (κ2) is 13.9. The molecule has 0 unspecified atom stereocenters. The zero-order chi connectivity index (χ0) is 33.1. The normalized spacial score (nSPS) is 17.0. The fourth-order valence-corrected chi connectivity index (χ4v) is 6.01. The van der Waals surface area contributed by atoms with Crippen LogP contribution in [0, 0.1) is 12.7 Å². The fourth-order valence-electron chi connectivity index (χ4n) is 6.01. The first-order valence-electron chi connectivity index (χ1n) is 14.8. The zero-order valence-corrected chi connectivity index (χ0v) is 25.7. The number of amides is 1. The van der Waals surface area contributed by atoms with E-state index in [-0.39, 0.29) is 37.3 Å². The molecule has 3 heterocycles. The van der Waals surface area contributed by atoms with Crippen molar-refractivity contribution < 1.29 is 37.0 Å². The third-order valence-corrected chi connectivity index (χ3v) is 8.36. The smallest absolute Gasteiger partial charge is 0.335 e. The molecule has 46 heavy (non-hydrogen) atoms. The van der Waals surface area contributed by atoms with Crippen LogP contribution in [0.4, 0.5) is 18.9 Å². The Morgan fingerprint density at radius 3 is 2.50 bits per heavy atom. The van der Waals surface area contributed by atoms with Crippen LogP contribution in [0.5, 0.6) is 0 Å². The number of carbonyl (C=O) groups excluding carboxylic acids is 2. The molecule has 3 aromatic rings. The van der Waals surface area contributed by atoms with Gasteiger partial charge in [-0.25, -0.2) is 27.3 Å². The summed E-state index contributed by atoms with van der Waals surface area (Å²) in [6.45, 7) is 2.71. The van der Waals surface area contributed by atoms with Gasteiger partial charge in [-0.1, -0.05) is 12.1 Å². The lowest BCUT2D eigenvalue weighted by Gasteiger charge is -2.37. The Labute approximate surface area is 262 Å². The average molecular weight is 645 g/mol. The van der Waals surface area contributed by atoms with Crippen molar-refractivity contribution in [2.45, 2.75) is 51.3 Å². The molecule has 14 heteroatoms. The van der Waals surface area contributed by atoms with Crippen molar-refractivity contribution >= 4 is 17.6 Å². The summed E-state index contributed by atoms with van der Waals surface area (Å²) in [7, 11) is 2.76. The topological polar surface area (TPSA) is 121 Å². The molecule has 2 atom stereocenters. The number of rotatable bonds is 9. The van der Waals surface area contributed by atoms with Gasteiger partial charge in [-0.05, 0) is 42.3 Å². The van der Waals surface area contributed by atoms with E-state index >= 15 is 4.39 Å². The Morgan fingerprint density at radius 2 is 1.83 bits per heavy atom. The number of nitrogens with one attached hydrogen (secondary N) is 1. The number of benzene rings is 2. The summed E-state index contributed by atoms with van der Waals surface area (Å²) >= 11 is 0. The van der Waals surface area contributed by atoms with Crippen molar-refractivity contribution in [2.75, 3.05) is 38.4 Å². The Bertz CT molecular complexity index is 1720. The fraction of sp³-hybridized carbons (Fsp3) is 0.438. The first kappa shape index (κ1) is 32.9. The number of morpholine rings is 1. The van der Waals surface area contributed by atoms with Gasteiger partial charge in [0.15, 0.2) is 0 Å². The predicted molar refractivity (Wildman–Crippen MR) is 161 cm³/mol. The maximum Gasteiger partial charge on any atom is 0.335 e. The molecule has 0 radical (unpaired) electrons. The Balaban J connectivity index is 1.35. The number of carbonyl (C=O) groups is 2. The lowest BCUT2D eigenvalue weighted by Crippen LogP contribution is -2.46. The van der Waals surface area contributed by atoms with Crippen LogP contribution in [0.25, 0.3) is 5.69 Å². The standard InChI is InChI=1S/C32H35F3N4O7/c1-18-12-21(38-9-11-46-16-22(38)15-27(34)35)14-24(33)28(18)29(40)36-25(31(42)44-3)13-19-4-6-20(7-5-19)39-30(41)23-17-45-10-8-26(23)37(2)32(39)43/h4-7,12,14,22,25,27H,8-11,13,15-17H2,1-3H3,(H,36,40)/t22-,25-/m0/s1. The lowest BCUT2D eigenvalue weighted by atomic mass is 10.0. The summed E-state index contributed by atoms with van der Waals surface area (Å²) in [5.74, 6) is -2.49. The summed E-state index contributed by atoms with van der Waals surface area (Å²) in [5, 5.41) is 2.55.